The Hall–Kier alpha value is -2.11. The Balaban J connectivity index is 1.66. The van der Waals surface area contributed by atoms with Crippen LogP contribution in [0.3, 0.4) is 0 Å². The lowest BCUT2D eigenvalue weighted by molar-refractivity contribution is 0.312. The quantitative estimate of drug-likeness (QED) is 0.766. The molecule has 1 N–H and O–H groups in total. The number of ether oxygens (including phenoxy) is 1. The molecule has 3 aromatic rings. The monoisotopic (exact) mass is 353 g/mol. The zero-order valence-electron chi connectivity index (χ0n) is 14.7. The maximum atomic E-state index is 5.47. The molecule has 2 heterocycles. The van der Waals surface area contributed by atoms with Crippen molar-refractivity contribution in [3.05, 3.63) is 48.7 Å². The first-order valence-corrected chi connectivity index (χ1v) is 9.42. The molecule has 1 saturated heterocycles. The van der Waals surface area contributed by atoms with E-state index >= 15 is 0 Å². The highest BCUT2D eigenvalue weighted by Crippen LogP contribution is 2.40. The average molecular weight is 353 g/mol. The molecule has 0 bridgehead atoms. The summed E-state index contributed by atoms with van der Waals surface area (Å²) in [6.45, 7) is 4.39. The van der Waals surface area contributed by atoms with Crippen LogP contribution in [0.1, 0.15) is 0 Å². The Morgan fingerprint density at radius 2 is 1.76 bits per heavy atom. The first-order valence-electron chi connectivity index (χ1n) is 8.61. The number of nitrogens with zero attached hydrogens (tertiary/aromatic N) is 2. The molecule has 4 rings (SSSR count). The van der Waals surface area contributed by atoms with Crippen molar-refractivity contribution < 1.29 is 4.74 Å². The van der Waals surface area contributed by atoms with Gasteiger partial charge in [-0.3, -0.25) is 0 Å². The van der Waals surface area contributed by atoms with E-state index in [0.717, 1.165) is 37.4 Å². The van der Waals surface area contributed by atoms with Crippen LogP contribution in [0, 0.1) is 0 Å². The molecule has 1 aromatic heterocycles. The number of para-hydroxylation sites is 2. The highest BCUT2D eigenvalue weighted by atomic mass is 32.2. The van der Waals surface area contributed by atoms with Crippen LogP contribution in [0.5, 0.6) is 5.75 Å². The maximum Gasteiger partial charge on any atom is 0.142 e. The van der Waals surface area contributed by atoms with Gasteiger partial charge in [-0.25, -0.2) is 0 Å². The van der Waals surface area contributed by atoms with Crippen LogP contribution in [0.4, 0.5) is 5.69 Å². The van der Waals surface area contributed by atoms with Crippen molar-refractivity contribution in [1.82, 2.24) is 9.88 Å². The molecule has 0 aliphatic carbocycles. The normalized spacial score (nSPS) is 15.7. The van der Waals surface area contributed by atoms with Crippen LogP contribution in [0.2, 0.25) is 0 Å². The number of hydrogen-bond acceptors (Lipinski definition) is 4. The Bertz CT molecular complexity index is 868. The lowest BCUT2D eigenvalue weighted by atomic mass is 10.2. The molecule has 1 aliphatic heterocycles. The topological polar surface area (TPSA) is 31.5 Å². The molecule has 2 aromatic carbocycles. The van der Waals surface area contributed by atoms with Crippen molar-refractivity contribution in [2.45, 2.75) is 9.79 Å². The van der Waals surface area contributed by atoms with Gasteiger partial charge in [0.05, 0.1) is 18.3 Å². The van der Waals surface area contributed by atoms with E-state index in [1.54, 1.807) is 7.11 Å². The van der Waals surface area contributed by atoms with Gasteiger partial charge in [-0.15, -0.1) is 0 Å². The van der Waals surface area contributed by atoms with E-state index in [2.05, 4.69) is 58.4 Å². The summed E-state index contributed by atoms with van der Waals surface area (Å²) in [4.78, 5) is 10.8. The SMILES string of the molecule is COc1cccc2c(Sc3ccccc3N3CCN(C)CC3)c[nH]c12. The summed E-state index contributed by atoms with van der Waals surface area (Å²) in [6.07, 6.45) is 2.08. The number of piperazine rings is 1. The fourth-order valence-electron chi connectivity index (χ4n) is 3.33. The van der Waals surface area contributed by atoms with Crippen molar-refractivity contribution in [2.24, 2.45) is 0 Å². The number of anilines is 1. The Morgan fingerprint density at radius 1 is 0.960 bits per heavy atom. The van der Waals surface area contributed by atoms with Crippen LogP contribution >= 0.6 is 11.8 Å². The summed E-state index contributed by atoms with van der Waals surface area (Å²) in [5.74, 6) is 0.886. The third-order valence-corrected chi connectivity index (χ3v) is 5.91. The Kier molecular flexibility index (Phi) is 4.59. The predicted octanol–water partition coefficient (Wildman–Crippen LogP) is 4.08. The van der Waals surface area contributed by atoms with Gasteiger partial charge < -0.3 is 19.5 Å². The Labute approximate surface area is 152 Å². The molecule has 0 unspecified atom stereocenters. The van der Waals surface area contributed by atoms with Gasteiger partial charge in [0.15, 0.2) is 0 Å². The second-order valence-electron chi connectivity index (χ2n) is 6.40. The molecule has 0 spiro atoms. The summed E-state index contributed by atoms with van der Waals surface area (Å²) >= 11 is 1.82. The summed E-state index contributed by atoms with van der Waals surface area (Å²) < 4.78 is 5.47. The number of hydrogen-bond donors (Lipinski definition) is 1. The van der Waals surface area contributed by atoms with E-state index in [9.17, 15) is 0 Å². The molecule has 0 radical (unpaired) electrons. The van der Waals surface area contributed by atoms with Crippen molar-refractivity contribution >= 4 is 28.4 Å². The number of H-pyrrole nitrogens is 1. The van der Waals surface area contributed by atoms with E-state index in [-0.39, 0.29) is 0 Å². The number of aromatic nitrogens is 1. The van der Waals surface area contributed by atoms with Crippen LogP contribution < -0.4 is 9.64 Å². The molecule has 130 valence electrons. The molecule has 0 atom stereocenters. The summed E-state index contributed by atoms with van der Waals surface area (Å²) in [6, 6.07) is 14.9. The van der Waals surface area contributed by atoms with Crippen LogP contribution in [-0.4, -0.2) is 50.2 Å². The highest BCUT2D eigenvalue weighted by molar-refractivity contribution is 7.99. The fourth-order valence-corrected chi connectivity index (χ4v) is 4.41. The minimum absolute atomic E-state index is 0.886. The molecule has 5 heteroatoms. The summed E-state index contributed by atoms with van der Waals surface area (Å²) in [5, 5.41) is 1.21. The summed E-state index contributed by atoms with van der Waals surface area (Å²) in [5.41, 5.74) is 2.39. The summed E-state index contributed by atoms with van der Waals surface area (Å²) in [7, 11) is 3.91. The van der Waals surface area contributed by atoms with Gasteiger partial charge in [-0.05, 0) is 25.2 Å². The van der Waals surface area contributed by atoms with E-state index in [1.165, 1.54) is 20.9 Å². The molecule has 0 amide bonds. The van der Waals surface area contributed by atoms with Crippen LogP contribution in [0.15, 0.2) is 58.5 Å². The lowest BCUT2D eigenvalue weighted by Crippen LogP contribution is -2.44. The van der Waals surface area contributed by atoms with Gasteiger partial charge in [-0.1, -0.05) is 36.0 Å². The third-order valence-electron chi connectivity index (χ3n) is 4.79. The van der Waals surface area contributed by atoms with E-state index in [4.69, 9.17) is 4.74 Å². The van der Waals surface area contributed by atoms with Gasteiger partial charge in [-0.2, -0.15) is 0 Å². The van der Waals surface area contributed by atoms with Gasteiger partial charge in [0.1, 0.15) is 5.75 Å². The van der Waals surface area contributed by atoms with Crippen LogP contribution in [0.25, 0.3) is 10.9 Å². The second kappa shape index (κ2) is 7.02. The fraction of sp³-hybridized carbons (Fsp3) is 0.300. The molecular weight excluding hydrogens is 330 g/mol. The smallest absolute Gasteiger partial charge is 0.142 e. The first kappa shape index (κ1) is 16.4. The van der Waals surface area contributed by atoms with E-state index in [0.29, 0.717) is 0 Å². The molecule has 0 saturated carbocycles. The van der Waals surface area contributed by atoms with Gasteiger partial charge in [0.2, 0.25) is 0 Å². The number of methoxy groups -OCH3 is 1. The Morgan fingerprint density at radius 3 is 2.56 bits per heavy atom. The predicted molar refractivity (Wildman–Crippen MR) is 105 cm³/mol. The molecule has 4 nitrogen and oxygen atoms in total. The zero-order valence-corrected chi connectivity index (χ0v) is 15.5. The van der Waals surface area contributed by atoms with E-state index in [1.807, 2.05) is 23.9 Å². The van der Waals surface area contributed by atoms with Crippen molar-refractivity contribution in [3.63, 3.8) is 0 Å². The van der Waals surface area contributed by atoms with Crippen molar-refractivity contribution in [3.8, 4) is 5.75 Å². The minimum atomic E-state index is 0.886. The molecule has 1 fully saturated rings. The van der Waals surface area contributed by atoms with Crippen LogP contribution in [-0.2, 0) is 0 Å². The molecule has 1 aliphatic rings. The zero-order chi connectivity index (χ0) is 17.2. The number of nitrogens with one attached hydrogen (secondary N) is 1. The number of rotatable bonds is 4. The number of likely N-dealkylation sites (N-methyl/N-ethyl adjacent to an activating group) is 1. The van der Waals surface area contributed by atoms with Gasteiger partial charge in [0.25, 0.3) is 0 Å². The molecule has 25 heavy (non-hydrogen) atoms. The number of aromatic amines is 1. The number of fused-ring (bicyclic) bond motifs is 1. The minimum Gasteiger partial charge on any atom is -0.495 e. The van der Waals surface area contributed by atoms with Crippen molar-refractivity contribution in [2.75, 3.05) is 45.2 Å². The van der Waals surface area contributed by atoms with Gasteiger partial charge >= 0.3 is 0 Å². The van der Waals surface area contributed by atoms with E-state index < -0.39 is 0 Å². The largest absolute Gasteiger partial charge is 0.495 e. The first-order chi connectivity index (χ1) is 12.3. The standard InChI is InChI=1S/C20H23N3OS/c1-22-10-12-23(13-11-22)16-7-3-4-9-18(16)25-19-14-21-20-15(19)6-5-8-17(20)24-2/h3-9,14,21H,10-13H2,1-2H3. The maximum absolute atomic E-state index is 5.47. The highest BCUT2D eigenvalue weighted by Gasteiger charge is 2.18. The number of benzene rings is 2. The van der Waals surface area contributed by atoms with Gasteiger partial charge in [0, 0.05) is 47.6 Å². The second-order valence-corrected chi connectivity index (χ2v) is 7.48. The average Bonchev–Trinajstić information content (AvgIpc) is 3.06. The lowest BCUT2D eigenvalue weighted by Gasteiger charge is -2.35. The molecular formula is C20H23N3OS. The van der Waals surface area contributed by atoms with Crippen molar-refractivity contribution in [1.29, 1.82) is 0 Å². The third kappa shape index (κ3) is 3.22.